The summed E-state index contributed by atoms with van der Waals surface area (Å²) < 4.78 is 19.8. The summed E-state index contributed by atoms with van der Waals surface area (Å²) >= 11 is 0. The Kier molecular flexibility index (Phi) is 5.84. The summed E-state index contributed by atoms with van der Waals surface area (Å²) in [4.78, 5) is 32.1. The van der Waals surface area contributed by atoms with Crippen molar-refractivity contribution in [3.8, 4) is 5.75 Å². The number of aliphatic hydroxyl groups excluding tert-OH is 1. The van der Waals surface area contributed by atoms with E-state index in [0.29, 0.717) is 38.2 Å². The van der Waals surface area contributed by atoms with Crippen molar-refractivity contribution in [2.45, 2.75) is 43.1 Å². The third-order valence-corrected chi connectivity index (χ3v) is 8.94. The van der Waals surface area contributed by atoms with Crippen molar-refractivity contribution < 1.29 is 23.8 Å². The van der Waals surface area contributed by atoms with E-state index in [1.54, 1.807) is 24.1 Å². The van der Waals surface area contributed by atoms with E-state index in [-0.39, 0.29) is 35.2 Å². The molecule has 37 heavy (non-hydrogen) atoms. The number of hydrogen-bond donors (Lipinski definition) is 3. The second kappa shape index (κ2) is 8.96. The van der Waals surface area contributed by atoms with E-state index in [9.17, 15) is 19.1 Å². The molecule has 1 aromatic heterocycles. The Morgan fingerprint density at radius 2 is 1.92 bits per heavy atom. The van der Waals surface area contributed by atoms with Crippen molar-refractivity contribution >= 4 is 22.6 Å². The Morgan fingerprint density at radius 3 is 2.57 bits per heavy atom. The molecule has 0 radical (unpaired) electrons. The number of halogens is 1. The zero-order valence-electron chi connectivity index (χ0n) is 21.0. The van der Waals surface area contributed by atoms with Gasteiger partial charge in [0.05, 0.1) is 25.0 Å². The lowest BCUT2D eigenvalue weighted by atomic mass is 9.63. The number of aromatic nitrogens is 1. The number of methoxy groups -OCH3 is 1. The molecule has 1 saturated heterocycles. The molecule has 1 saturated carbocycles. The maximum Gasteiger partial charge on any atom is 0.256 e. The zero-order chi connectivity index (χ0) is 25.8. The predicted molar refractivity (Wildman–Crippen MR) is 137 cm³/mol. The third kappa shape index (κ3) is 3.61. The number of nitrogens with one attached hydrogen (secondary N) is 2. The Bertz CT molecular complexity index is 1370. The van der Waals surface area contributed by atoms with Crippen LogP contribution in [-0.4, -0.2) is 60.0 Å². The number of Topliss-reactive ketones (excluding diaryl/α,β-unsaturated/α-hetero) is 1. The maximum atomic E-state index is 14.3. The van der Waals surface area contributed by atoms with E-state index in [0.717, 1.165) is 41.4 Å². The molecule has 3 aliphatic rings. The number of piperidine rings is 1. The molecule has 6 rings (SSSR count). The van der Waals surface area contributed by atoms with Crippen LogP contribution in [-0.2, 0) is 15.7 Å². The van der Waals surface area contributed by atoms with E-state index in [4.69, 9.17) is 4.74 Å². The highest BCUT2D eigenvalue weighted by molar-refractivity contribution is 5.97. The van der Waals surface area contributed by atoms with Crippen LogP contribution in [0.2, 0.25) is 0 Å². The summed E-state index contributed by atoms with van der Waals surface area (Å²) in [7, 11) is 1.62. The van der Waals surface area contributed by atoms with Gasteiger partial charge in [-0.1, -0.05) is 18.6 Å². The van der Waals surface area contributed by atoms with Gasteiger partial charge in [0.2, 0.25) is 0 Å². The highest BCUT2D eigenvalue weighted by atomic mass is 19.1. The van der Waals surface area contributed by atoms with Gasteiger partial charge in [-0.3, -0.25) is 14.9 Å². The minimum atomic E-state index is -1.18. The molecule has 2 fully saturated rings. The number of benzene rings is 2. The second-order valence-electron chi connectivity index (χ2n) is 10.7. The van der Waals surface area contributed by atoms with Crippen LogP contribution < -0.4 is 10.1 Å². The molecule has 1 aliphatic carbocycles. The summed E-state index contributed by atoms with van der Waals surface area (Å²) in [6, 6.07) is 11.9. The topological polar surface area (TPSA) is 94.7 Å². The van der Waals surface area contributed by atoms with Gasteiger partial charge in [-0.15, -0.1) is 0 Å². The molecule has 1 atom stereocenters. The van der Waals surface area contributed by atoms with Crippen LogP contribution in [0.1, 0.15) is 53.7 Å². The molecule has 3 aromatic rings. The van der Waals surface area contributed by atoms with E-state index >= 15 is 0 Å². The Morgan fingerprint density at radius 1 is 1.16 bits per heavy atom. The van der Waals surface area contributed by atoms with E-state index in [1.807, 2.05) is 18.2 Å². The smallest absolute Gasteiger partial charge is 0.256 e. The molecule has 1 unspecified atom stereocenters. The molecular weight excluding hydrogens is 473 g/mol. The van der Waals surface area contributed by atoms with Gasteiger partial charge >= 0.3 is 0 Å². The highest BCUT2D eigenvalue weighted by Gasteiger charge is 2.55. The average Bonchev–Trinajstić information content (AvgIpc) is 3.29. The van der Waals surface area contributed by atoms with Crippen LogP contribution in [0.4, 0.5) is 4.39 Å². The fraction of sp³-hybridized carbons (Fsp3) is 0.448. The Labute approximate surface area is 215 Å². The molecular formula is C29H32FN3O4. The molecule has 1 spiro atoms. The number of ether oxygens (including phenoxy) is 1. The Balaban J connectivity index is 1.40. The van der Waals surface area contributed by atoms with Crippen LogP contribution in [0.25, 0.3) is 10.9 Å². The summed E-state index contributed by atoms with van der Waals surface area (Å²) in [5, 5.41) is 15.2. The quantitative estimate of drug-likeness (QED) is 0.492. The largest absolute Gasteiger partial charge is 0.497 e. The van der Waals surface area contributed by atoms with Crippen molar-refractivity contribution in [3.05, 3.63) is 65.1 Å². The number of aromatic amines is 1. The summed E-state index contributed by atoms with van der Waals surface area (Å²) in [5.74, 6) is -0.114. The lowest BCUT2D eigenvalue weighted by Gasteiger charge is -2.50. The van der Waals surface area contributed by atoms with Gasteiger partial charge in [-0.2, -0.15) is 0 Å². The molecule has 7 nitrogen and oxygen atoms in total. The van der Waals surface area contributed by atoms with Crippen molar-refractivity contribution in [3.63, 3.8) is 0 Å². The van der Waals surface area contributed by atoms with Crippen molar-refractivity contribution in [2.24, 2.45) is 5.92 Å². The first kappa shape index (κ1) is 24.1. The highest BCUT2D eigenvalue weighted by Crippen LogP contribution is 2.49. The first-order valence-electron chi connectivity index (χ1n) is 13.1. The normalized spacial score (nSPS) is 23.1. The number of likely N-dealkylation sites (tertiary alicyclic amines) is 1. The number of hydrogen-bond acceptors (Lipinski definition) is 5. The number of aliphatic hydroxyl groups is 1. The fourth-order valence-electron chi connectivity index (χ4n) is 6.48. The fourth-order valence-corrected chi connectivity index (χ4v) is 6.48. The summed E-state index contributed by atoms with van der Waals surface area (Å²) in [5.41, 5.74) is 1.20. The van der Waals surface area contributed by atoms with Gasteiger partial charge < -0.3 is 19.7 Å². The lowest BCUT2D eigenvalue weighted by Crippen LogP contribution is -2.64. The van der Waals surface area contributed by atoms with Crippen LogP contribution in [0.15, 0.2) is 42.5 Å². The van der Waals surface area contributed by atoms with Crippen LogP contribution in [0.3, 0.4) is 0 Å². The Hall–Kier alpha value is -3.23. The minimum Gasteiger partial charge on any atom is -0.497 e. The van der Waals surface area contributed by atoms with Gasteiger partial charge in [-0.05, 0) is 55.5 Å². The van der Waals surface area contributed by atoms with Gasteiger partial charge in [0.25, 0.3) is 5.91 Å². The van der Waals surface area contributed by atoms with Gasteiger partial charge in [0.15, 0.2) is 5.78 Å². The number of amides is 1. The number of fused-ring (bicyclic) bond motifs is 4. The number of carbonyl (C=O) groups excluding carboxylic acids is 2. The van der Waals surface area contributed by atoms with E-state index in [2.05, 4.69) is 10.3 Å². The predicted octanol–water partition coefficient (Wildman–Crippen LogP) is 3.65. The molecule has 1 amide bonds. The number of nitrogens with zero attached hydrogens (tertiary/aromatic N) is 1. The van der Waals surface area contributed by atoms with Crippen LogP contribution in [0.5, 0.6) is 5.75 Å². The van der Waals surface area contributed by atoms with Crippen molar-refractivity contribution in [1.82, 2.24) is 15.2 Å². The number of carbonyl (C=O) groups is 2. The SMILES string of the molecule is COc1ccc2c3c([nH]c2c1)C(CO)(C(=O)C1CCC1)NCC31CCN(C(=O)c2ccccc2F)CC1. The molecule has 8 heteroatoms. The first-order valence-corrected chi connectivity index (χ1v) is 13.1. The number of ketones is 1. The molecule has 194 valence electrons. The molecule has 3 heterocycles. The molecule has 0 bridgehead atoms. The van der Waals surface area contributed by atoms with E-state index in [1.165, 1.54) is 12.1 Å². The zero-order valence-corrected chi connectivity index (χ0v) is 21.0. The standard InChI is InChI=1S/C29H32FN3O4/c1-37-19-9-10-21-23(15-19)32-25-24(21)28(16-31-29(25,17-34)26(35)18-5-4-6-18)11-13-33(14-12-28)27(36)20-7-2-3-8-22(20)30/h2-3,7-10,15,18,31-32,34H,4-6,11-14,16-17H2,1H3. The van der Waals surface area contributed by atoms with Crippen LogP contribution >= 0.6 is 0 Å². The molecule has 3 N–H and O–H groups in total. The van der Waals surface area contributed by atoms with Crippen LogP contribution in [0, 0.1) is 11.7 Å². The summed E-state index contributed by atoms with van der Waals surface area (Å²) in [6.07, 6.45) is 4.05. The molecule has 2 aromatic carbocycles. The first-order chi connectivity index (χ1) is 17.9. The second-order valence-corrected chi connectivity index (χ2v) is 10.7. The van der Waals surface area contributed by atoms with E-state index < -0.39 is 11.4 Å². The number of rotatable bonds is 5. The van der Waals surface area contributed by atoms with Crippen molar-refractivity contribution in [1.29, 1.82) is 0 Å². The van der Waals surface area contributed by atoms with Gasteiger partial charge in [-0.25, -0.2) is 4.39 Å². The van der Waals surface area contributed by atoms with Gasteiger partial charge in [0, 0.05) is 47.9 Å². The monoisotopic (exact) mass is 505 g/mol. The minimum absolute atomic E-state index is 0.0445. The average molecular weight is 506 g/mol. The van der Waals surface area contributed by atoms with Gasteiger partial charge in [0.1, 0.15) is 17.1 Å². The third-order valence-electron chi connectivity index (χ3n) is 8.94. The van der Waals surface area contributed by atoms with Crippen molar-refractivity contribution in [2.75, 3.05) is 33.4 Å². The lowest BCUT2D eigenvalue weighted by molar-refractivity contribution is -0.135. The summed E-state index contributed by atoms with van der Waals surface area (Å²) in [6.45, 7) is 1.13. The maximum absolute atomic E-state index is 14.3. The number of H-pyrrole nitrogens is 1. The molecule has 2 aliphatic heterocycles.